The van der Waals surface area contributed by atoms with Gasteiger partial charge in [0.15, 0.2) is 0 Å². The third kappa shape index (κ3) is 6.05. The van der Waals surface area contributed by atoms with Crippen molar-refractivity contribution in [1.82, 2.24) is 5.32 Å². The van der Waals surface area contributed by atoms with Crippen LogP contribution in [0.5, 0.6) is 0 Å². The van der Waals surface area contributed by atoms with Gasteiger partial charge >= 0.3 is 0 Å². The molecule has 0 rings (SSSR count). The molecule has 13 heavy (non-hydrogen) atoms. The molecule has 0 saturated heterocycles. The van der Waals surface area contributed by atoms with Gasteiger partial charge < -0.3 is 10.4 Å². The van der Waals surface area contributed by atoms with E-state index in [2.05, 4.69) is 39.9 Å². The van der Waals surface area contributed by atoms with Crippen molar-refractivity contribution in [3.63, 3.8) is 0 Å². The maximum atomic E-state index is 9.04. The molecule has 0 aromatic rings. The van der Waals surface area contributed by atoms with Crippen molar-refractivity contribution >= 4 is 0 Å². The zero-order valence-corrected chi connectivity index (χ0v) is 9.78. The van der Waals surface area contributed by atoms with Crippen molar-refractivity contribution < 1.29 is 5.11 Å². The van der Waals surface area contributed by atoms with E-state index in [4.69, 9.17) is 5.11 Å². The highest BCUT2D eigenvalue weighted by atomic mass is 16.3. The number of hydrogen-bond acceptors (Lipinski definition) is 2. The molecule has 0 saturated carbocycles. The molecule has 0 bridgehead atoms. The summed E-state index contributed by atoms with van der Waals surface area (Å²) < 4.78 is 0. The molecule has 80 valence electrons. The first-order valence-electron chi connectivity index (χ1n) is 5.14. The third-order valence-electron chi connectivity index (χ3n) is 2.59. The van der Waals surface area contributed by atoms with Gasteiger partial charge in [-0.25, -0.2) is 0 Å². The van der Waals surface area contributed by atoms with E-state index in [1.54, 1.807) is 0 Å². The number of nitrogens with one attached hydrogen (secondary N) is 1. The molecule has 2 N–H and O–H groups in total. The molecule has 0 radical (unpaired) electrons. The van der Waals surface area contributed by atoms with E-state index in [9.17, 15) is 0 Å². The highest BCUT2D eigenvalue weighted by molar-refractivity contribution is 4.74. The first-order chi connectivity index (χ1) is 5.83. The van der Waals surface area contributed by atoms with E-state index in [1.165, 1.54) is 6.42 Å². The Hall–Kier alpha value is -0.0800. The Morgan fingerprint density at radius 2 is 1.46 bits per heavy atom. The van der Waals surface area contributed by atoms with Gasteiger partial charge in [-0.05, 0) is 11.8 Å². The Bertz CT molecular complexity index is 125. The van der Waals surface area contributed by atoms with Crippen molar-refractivity contribution in [2.45, 2.75) is 41.0 Å². The normalized spacial score (nSPS) is 13.4. The van der Waals surface area contributed by atoms with Gasteiger partial charge in [-0.1, -0.05) is 34.6 Å². The van der Waals surface area contributed by atoms with Gasteiger partial charge in [-0.15, -0.1) is 0 Å². The van der Waals surface area contributed by atoms with Crippen LogP contribution in [0.25, 0.3) is 0 Å². The second-order valence-electron chi connectivity index (χ2n) is 5.44. The van der Waals surface area contributed by atoms with Gasteiger partial charge in [0.1, 0.15) is 0 Å². The Morgan fingerprint density at radius 3 is 1.85 bits per heavy atom. The van der Waals surface area contributed by atoms with E-state index >= 15 is 0 Å². The van der Waals surface area contributed by atoms with E-state index in [-0.39, 0.29) is 12.0 Å². The molecular weight excluding hydrogens is 162 g/mol. The highest BCUT2D eigenvalue weighted by Gasteiger charge is 2.19. The Labute approximate surface area is 82.7 Å². The van der Waals surface area contributed by atoms with Crippen LogP contribution in [0.4, 0.5) is 0 Å². The first kappa shape index (κ1) is 12.9. The summed E-state index contributed by atoms with van der Waals surface area (Å²) in [6, 6.07) is 0. The van der Waals surface area contributed by atoms with Crippen LogP contribution in [0.2, 0.25) is 0 Å². The van der Waals surface area contributed by atoms with E-state index in [1.807, 2.05) is 0 Å². The topological polar surface area (TPSA) is 32.3 Å². The zero-order chi connectivity index (χ0) is 10.5. The summed E-state index contributed by atoms with van der Waals surface area (Å²) in [7, 11) is 0. The second kappa shape index (κ2) is 4.97. The van der Waals surface area contributed by atoms with Gasteiger partial charge in [-0.2, -0.15) is 0 Å². The standard InChI is InChI=1S/C11H25NO/c1-6-10(2,3)7-12-8-11(4,5)9-13/h12-13H,6-9H2,1-5H3. The molecule has 0 aliphatic rings. The van der Waals surface area contributed by atoms with Gasteiger partial charge in [0.2, 0.25) is 0 Å². The molecule has 0 unspecified atom stereocenters. The number of hydrogen-bond donors (Lipinski definition) is 2. The van der Waals surface area contributed by atoms with Crippen LogP contribution in [-0.4, -0.2) is 24.8 Å². The van der Waals surface area contributed by atoms with Gasteiger partial charge in [0, 0.05) is 25.1 Å². The maximum absolute atomic E-state index is 9.04. The van der Waals surface area contributed by atoms with Crippen LogP contribution in [0.1, 0.15) is 41.0 Å². The summed E-state index contributed by atoms with van der Waals surface area (Å²) in [5.74, 6) is 0. The lowest BCUT2D eigenvalue weighted by molar-refractivity contribution is 0.152. The molecule has 0 heterocycles. The molecule has 0 amide bonds. The minimum atomic E-state index is 0.00379. The first-order valence-corrected chi connectivity index (χ1v) is 5.14. The molecule has 0 aromatic carbocycles. The Balaban J connectivity index is 3.68. The van der Waals surface area contributed by atoms with E-state index in [0.29, 0.717) is 5.41 Å². The van der Waals surface area contributed by atoms with Gasteiger partial charge in [0.05, 0.1) is 0 Å². The molecule has 0 aliphatic heterocycles. The fourth-order valence-electron chi connectivity index (χ4n) is 0.920. The lowest BCUT2D eigenvalue weighted by atomic mass is 9.89. The lowest BCUT2D eigenvalue weighted by Gasteiger charge is -2.27. The summed E-state index contributed by atoms with van der Waals surface area (Å²) in [4.78, 5) is 0. The highest BCUT2D eigenvalue weighted by Crippen LogP contribution is 2.19. The van der Waals surface area contributed by atoms with E-state index < -0.39 is 0 Å². The largest absolute Gasteiger partial charge is 0.396 e. The number of aliphatic hydroxyl groups is 1. The molecule has 2 heteroatoms. The molecule has 0 atom stereocenters. The van der Waals surface area contributed by atoms with Crippen LogP contribution in [-0.2, 0) is 0 Å². The summed E-state index contributed by atoms with van der Waals surface area (Å²) >= 11 is 0. The summed E-state index contributed by atoms with van der Waals surface area (Å²) in [5, 5.41) is 12.4. The fourth-order valence-corrected chi connectivity index (χ4v) is 0.920. The number of rotatable bonds is 6. The Kier molecular flexibility index (Phi) is 4.93. The minimum Gasteiger partial charge on any atom is -0.396 e. The van der Waals surface area contributed by atoms with Crippen molar-refractivity contribution in [2.24, 2.45) is 10.8 Å². The predicted octanol–water partition coefficient (Wildman–Crippen LogP) is 2.03. The quantitative estimate of drug-likeness (QED) is 0.667. The monoisotopic (exact) mass is 187 g/mol. The summed E-state index contributed by atoms with van der Waals surface area (Å²) in [6.45, 7) is 13.0. The molecule has 0 spiro atoms. The average Bonchev–Trinajstić information content (AvgIpc) is 2.04. The van der Waals surface area contributed by atoms with E-state index in [0.717, 1.165) is 13.1 Å². The molecule has 0 fully saturated rings. The molecule has 0 aliphatic carbocycles. The van der Waals surface area contributed by atoms with Crippen molar-refractivity contribution in [1.29, 1.82) is 0 Å². The summed E-state index contributed by atoms with van der Waals surface area (Å²) in [6.07, 6.45) is 1.18. The smallest absolute Gasteiger partial charge is 0.0494 e. The van der Waals surface area contributed by atoms with Crippen LogP contribution < -0.4 is 5.32 Å². The van der Waals surface area contributed by atoms with Crippen molar-refractivity contribution in [3.05, 3.63) is 0 Å². The summed E-state index contributed by atoms with van der Waals surface area (Å²) in [5.41, 5.74) is 0.370. The van der Waals surface area contributed by atoms with Crippen LogP contribution >= 0.6 is 0 Å². The second-order valence-corrected chi connectivity index (χ2v) is 5.44. The molecule has 0 aromatic heterocycles. The van der Waals surface area contributed by atoms with Gasteiger partial charge in [0.25, 0.3) is 0 Å². The average molecular weight is 187 g/mol. The van der Waals surface area contributed by atoms with Gasteiger partial charge in [-0.3, -0.25) is 0 Å². The van der Waals surface area contributed by atoms with Crippen LogP contribution in [0, 0.1) is 10.8 Å². The van der Waals surface area contributed by atoms with Crippen LogP contribution in [0.3, 0.4) is 0 Å². The third-order valence-corrected chi connectivity index (χ3v) is 2.59. The zero-order valence-electron chi connectivity index (χ0n) is 9.78. The van der Waals surface area contributed by atoms with Crippen molar-refractivity contribution in [3.8, 4) is 0 Å². The van der Waals surface area contributed by atoms with Crippen LogP contribution in [0.15, 0.2) is 0 Å². The Morgan fingerprint density at radius 1 is 1.00 bits per heavy atom. The fraction of sp³-hybridized carbons (Fsp3) is 1.00. The molecular formula is C11H25NO. The lowest BCUT2D eigenvalue weighted by Crippen LogP contribution is -2.37. The number of aliphatic hydroxyl groups excluding tert-OH is 1. The molecule has 2 nitrogen and oxygen atoms in total. The SMILES string of the molecule is CCC(C)(C)CNCC(C)(C)CO. The predicted molar refractivity (Wildman–Crippen MR) is 57.8 cm³/mol. The van der Waals surface area contributed by atoms with Crippen molar-refractivity contribution in [2.75, 3.05) is 19.7 Å². The minimum absolute atomic E-state index is 0.00379. The maximum Gasteiger partial charge on any atom is 0.0494 e.